The van der Waals surface area contributed by atoms with E-state index in [1.807, 2.05) is 0 Å². The molecule has 1 aliphatic rings. The van der Waals surface area contributed by atoms with E-state index in [4.69, 9.17) is 5.73 Å². The van der Waals surface area contributed by atoms with E-state index in [0.717, 1.165) is 6.07 Å². The van der Waals surface area contributed by atoms with Gasteiger partial charge in [-0.2, -0.15) is 13.2 Å². The maximum Gasteiger partial charge on any atom is 0.416 e. The molecule has 0 heterocycles. The summed E-state index contributed by atoms with van der Waals surface area (Å²) in [4.78, 5) is 11.5. The van der Waals surface area contributed by atoms with Gasteiger partial charge in [-0.3, -0.25) is 4.79 Å². The van der Waals surface area contributed by atoms with E-state index < -0.39 is 29.7 Å². The monoisotopic (exact) mass is 259 g/mol. The van der Waals surface area contributed by atoms with Gasteiger partial charge < -0.3 is 10.5 Å². The quantitative estimate of drug-likeness (QED) is 0.785. The second-order valence-corrected chi connectivity index (χ2v) is 4.23. The van der Waals surface area contributed by atoms with Crippen molar-refractivity contribution in [3.05, 3.63) is 34.9 Å². The van der Waals surface area contributed by atoms with Gasteiger partial charge in [-0.05, 0) is 23.6 Å². The normalized spacial score (nSPS) is 22.7. The predicted molar refractivity (Wildman–Crippen MR) is 57.6 cm³/mol. The molecule has 98 valence electrons. The van der Waals surface area contributed by atoms with Crippen molar-refractivity contribution in [1.29, 1.82) is 0 Å². The van der Waals surface area contributed by atoms with Gasteiger partial charge >= 0.3 is 12.1 Å². The van der Waals surface area contributed by atoms with Crippen LogP contribution in [0.15, 0.2) is 18.2 Å². The van der Waals surface area contributed by atoms with Gasteiger partial charge in [-0.15, -0.1) is 0 Å². The molecule has 0 bridgehead atoms. The van der Waals surface area contributed by atoms with Crippen LogP contribution in [0.2, 0.25) is 0 Å². The zero-order valence-corrected chi connectivity index (χ0v) is 9.62. The van der Waals surface area contributed by atoms with Gasteiger partial charge in [0, 0.05) is 6.04 Å². The van der Waals surface area contributed by atoms with Gasteiger partial charge in [0.05, 0.1) is 18.6 Å². The highest BCUT2D eigenvalue weighted by atomic mass is 19.4. The number of alkyl halides is 3. The minimum Gasteiger partial charge on any atom is -0.469 e. The fourth-order valence-electron chi connectivity index (χ4n) is 2.36. The molecule has 0 amide bonds. The molecular formula is C12H12F3NO2. The molecule has 6 heteroatoms. The van der Waals surface area contributed by atoms with E-state index in [0.29, 0.717) is 5.56 Å². The lowest BCUT2D eigenvalue weighted by molar-refractivity contribution is -0.146. The first kappa shape index (κ1) is 12.9. The number of hydrogen-bond donors (Lipinski definition) is 1. The largest absolute Gasteiger partial charge is 0.469 e. The maximum atomic E-state index is 12.8. The zero-order valence-electron chi connectivity index (χ0n) is 9.62. The maximum absolute atomic E-state index is 12.8. The molecule has 0 spiro atoms. The third kappa shape index (κ3) is 1.96. The van der Waals surface area contributed by atoms with Gasteiger partial charge in [0.25, 0.3) is 0 Å². The first-order chi connectivity index (χ1) is 8.36. The van der Waals surface area contributed by atoms with E-state index in [2.05, 4.69) is 4.74 Å². The van der Waals surface area contributed by atoms with Crippen LogP contribution in [-0.2, 0) is 22.1 Å². The summed E-state index contributed by atoms with van der Waals surface area (Å²) in [6.45, 7) is 0. The highest BCUT2D eigenvalue weighted by Gasteiger charge is 2.42. The Kier molecular flexibility index (Phi) is 3.06. The summed E-state index contributed by atoms with van der Waals surface area (Å²) >= 11 is 0. The summed E-state index contributed by atoms with van der Waals surface area (Å²) in [5.74, 6) is -1.32. The molecule has 1 aromatic carbocycles. The Morgan fingerprint density at radius 3 is 2.67 bits per heavy atom. The highest BCUT2D eigenvalue weighted by molar-refractivity contribution is 5.75. The van der Waals surface area contributed by atoms with Crippen molar-refractivity contribution in [1.82, 2.24) is 0 Å². The van der Waals surface area contributed by atoms with Crippen LogP contribution >= 0.6 is 0 Å². The van der Waals surface area contributed by atoms with E-state index in [1.54, 1.807) is 0 Å². The lowest BCUT2D eigenvalue weighted by atomic mass is 10.0. The standard InChI is InChI=1S/C12H12F3NO2/c1-18-11(17)8-5-7-6(10(8)16)3-2-4-9(7)12(13,14)15/h2-4,8,10H,5,16H2,1H3. The van der Waals surface area contributed by atoms with Crippen molar-refractivity contribution in [3.63, 3.8) is 0 Å². The van der Waals surface area contributed by atoms with Crippen LogP contribution in [-0.4, -0.2) is 13.1 Å². The average molecular weight is 259 g/mol. The van der Waals surface area contributed by atoms with Crippen LogP contribution in [0.25, 0.3) is 0 Å². The first-order valence-electron chi connectivity index (χ1n) is 5.38. The molecule has 18 heavy (non-hydrogen) atoms. The molecule has 3 nitrogen and oxygen atoms in total. The van der Waals surface area contributed by atoms with E-state index in [9.17, 15) is 18.0 Å². The number of halogens is 3. The molecule has 1 aromatic rings. The topological polar surface area (TPSA) is 52.3 Å². The molecule has 0 fully saturated rings. The molecule has 0 aliphatic heterocycles. The van der Waals surface area contributed by atoms with Crippen LogP contribution in [0.4, 0.5) is 13.2 Å². The summed E-state index contributed by atoms with van der Waals surface area (Å²) in [6, 6.07) is 3.10. The van der Waals surface area contributed by atoms with E-state index >= 15 is 0 Å². The summed E-state index contributed by atoms with van der Waals surface area (Å²) in [5.41, 5.74) is 5.57. The minimum absolute atomic E-state index is 0.0289. The number of hydrogen-bond acceptors (Lipinski definition) is 3. The lowest BCUT2D eigenvalue weighted by Gasteiger charge is -2.13. The fourth-order valence-corrected chi connectivity index (χ4v) is 2.36. The summed E-state index contributed by atoms with van der Waals surface area (Å²) in [5, 5.41) is 0. The molecule has 2 unspecified atom stereocenters. The number of rotatable bonds is 1. The molecule has 0 saturated heterocycles. The number of carbonyl (C=O) groups excluding carboxylic acids is 1. The smallest absolute Gasteiger partial charge is 0.416 e. The van der Waals surface area contributed by atoms with Crippen molar-refractivity contribution >= 4 is 5.97 Å². The van der Waals surface area contributed by atoms with E-state index in [1.165, 1.54) is 19.2 Å². The van der Waals surface area contributed by atoms with Gasteiger partial charge in [-0.1, -0.05) is 12.1 Å². The molecule has 0 saturated carbocycles. The van der Waals surface area contributed by atoms with Gasteiger partial charge in [0.2, 0.25) is 0 Å². The molecule has 0 radical (unpaired) electrons. The number of carbonyl (C=O) groups is 1. The van der Waals surface area contributed by atoms with Crippen molar-refractivity contribution in [3.8, 4) is 0 Å². The molecular weight excluding hydrogens is 247 g/mol. The SMILES string of the molecule is COC(=O)C1Cc2c(cccc2C(F)(F)F)C1N. The zero-order chi connectivity index (χ0) is 13.5. The Morgan fingerprint density at radius 2 is 2.11 bits per heavy atom. The van der Waals surface area contributed by atoms with Gasteiger partial charge in [0.1, 0.15) is 0 Å². The Bertz CT molecular complexity index is 485. The summed E-state index contributed by atoms with van der Waals surface area (Å²) in [6.07, 6.45) is -4.46. The third-order valence-corrected chi connectivity index (χ3v) is 3.24. The van der Waals surface area contributed by atoms with Crippen molar-refractivity contribution < 1.29 is 22.7 Å². The predicted octanol–water partition coefficient (Wildman–Crippen LogP) is 2.05. The van der Waals surface area contributed by atoms with Crippen LogP contribution in [0.5, 0.6) is 0 Å². The highest BCUT2D eigenvalue weighted by Crippen LogP contribution is 2.42. The van der Waals surface area contributed by atoms with Crippen molar-refractivity contribution in [2.24, 2.45) is 11.7 Å². The number of benzene rings is 1. The summed E-state index contributed by atoms with van der Waals surface area (Å²) < 4.78 is 43.0. The average Bonchev–Trinajstić information content (AvgIpc) is 2.65. The van der Waals surface area contributed by atoms with Gasteiger partial charge in [0.15, 0.2) is 0 Å². The second-order valence-electron chi connectivity index (χ2n) is 4.23. The lowest BCUT2D eigenvalue weighted by Crippen LogP contribution is -2.25. The number of ether oxygens (including phenoxy) is 1. The van der Waals surface area contributed by atoms with Gasteiger partial charge in [-0.25, -0.2) is 0 Å². The number of methoxy groups -OCH3 is 1. The minimum atomic E-state index is -4.43. The number of fused-ring (bicyclic) bond motifs is 1. The molecule has 2 rings (SSSR count). The summed E-state index contributed by atoms with van der Waals surface area (Å²) in [7, 11) is 1.20. The van der Waals surface area contributed by atoms with Crippen LogP contribution < -0.4 is 5.73 Å². The van der Waals surface area contributed by atoms with Crippen LogP contribution in [0.3, 0.4) is 0 Å². The Hall–Kier alpha value is -1.56. The Morgan fingerprint density at radius 1 is 1.44 bits per heavy atom. The number of esters is 1. The molecule has 2 atom stereocenters. The third-order valence-electron chi connectivity index (χ3n) is 3.24. The molecule has 0 aromatic heterocycles. The fraction of sp³-hybridized carbons (Fsp3) is 0.417. The first-order valence-corrected chi connectivity index (χ1v) is 5.38. The van der Waals surface area contributed by atoms with E-state index in [-0.39, 0.29) is 12.0 Å². The second kappa shape index (κ2) is 4.28. The molecule has 1 aliphatic carbocycles. The van der Waals surface area contributed by atoms with Crippen LogP contribution in [0, 0.1) is 5.92 Å². The van der Waals surface area contributed by atoms with Crippen LogP contribution in [0.1, 0.15) is 22.7 Å². The Balaban J connectivity index is 2.45. The van der Waals surface area contributed by atoms with Crippen molar-refractivity contribution in [2.45, 2.75) is 18.6 Å². The Labute approximate surface area is 102 Å². The molecule has 2 N–H and O–H groups in total. The number of nitrogens with two attached hydrogens (primary N) is 1. The van der Waals surface area contributed by atoms with Crippen molar-refractivity contribution in [2.75, 3.05) is 7.11 Å².